The van der Waals surface area contributed by atoms with Gasteiger partial charge in [-0.1, -0.05) is 11.6 Å². The molecule has 18 heavy (non-hydrogen) atoms. The molecular formula is C13H20ClFN2O. The van der Waals surface area contributed by atoms with E-state index in [-0.39, 0.29) is 17.5 Å². The summed E-state index contributed by atoms with van der Waals surface area (Å²) >= 11 is 5.86. The van der Waals surface area contributed by atoms with Gasteiger partial charge in [0.2, 0.25) is 0 Å². The van der Waals surface area contributed by atoms with Crippen molar-refractivity contribution in [2.24, 2.45) is 5.84 Å². The zero-order chi connectivity index (χ0) is 13.8. The summed E-state index contributed by atoms with van der Waals surface area (Å²) in [5.41, 5.74) is 2.94. The van der Waals surface area contributed by atoms with Gasteiger partial charge in [0.05, 0.1) is 5.60 Å². The Labute approximate surface area is 112 Å². The van der Waals surface area contributed by atoms with Gasteiger partial charge in [-0.15, -0.1) is 0 Å². The van der Waals surface area contributed by atoms with Gasteiger partial charge in [-0.2, -0.15) is 0 Å². The van der Waals surface area contributed by atoms with Crippen molar-refractivity contribution in [1.29, 1.82) is 0 Å². The second-order valence-electron chi connectivity index (χ2n) is 4.97. The van der Waals surface area contributed by atoms with Crippen molar-refractivity contribution in [2.45, 2.75) is 38.3 Å². The van der Waals surface area contributed by atoms with Gasteiger partial charge in [0, 0.05) is 18.2 Å². The maximum atomic E-state index is 13.6. The molecule has 1 rings (SSSR count). The summed E-state index contributed by atoms with van der Waals surface area (Å²) in [5, 5.41) is 0.521. The highest BCUT2D eigenvalue weighted by Crippen LogP contribution is 2.21. The number of ether oxygens (including phenoxy) is 1. The molecule has 0 spiro atoms. The minimum Gasteiger partial charge on any atom is -0.379 e. The molecule has 0 saturated carbocycles. The molecule has 0 saturated heterocycles. The highest BCUT2D eigenvalue weighted by Gasteiger charge is 2.23. The first-order valence-corrected chi connectivity index (χ1v) is 6.21. The van der Waals surface area contributed by atoms with E-state index in [0.29, 0.717) is 23.4 Å². The summed E-state index contributed by atoms with van der Waals surface area (Å²) in [6.45, 7) is 3.93. The van der Waals surface area contributed by atoms with Crippen LogP contribution in [0.4, 0.5) is 4.39 Å². The van der Waals surface area contributed by atoms with E-state index in [9.17, 15) is 4.39 Å². The van der Waals surface area contributed by atoms with E-state index in [2.05, 4.69) is 5.43 Å². The molecule has 0 amide bonds. The Bertz CT molecular complexity index is 399. The Kier molecular flexibility index (Phi) is 5.53. The summed E-state index contributed by atoms with van der Waals surface area (Å²) in [6.07, 6.45) is 1.14. The molecule has 0 aromatic heterocycles. The minimum absolute atomic E-state index is 0.0760. The number of hydrogen-bond acceptors (Lipinski definition) is 3. The zero-order valence-corrected chi connectivity index (χ0v) is 11.7. The number of halogens is 2. The lowest BCUT2D eigenvalue weighted by Crippen LogP contribution is -2.42. The number of nitrogens with one attached hydrogen (secondary N) is 1. The molecule has 102 valence electrons. The van der Waals surface area contributed by atoms with Crippen LogP contribution in [0.3, 0.4) is 0 Å². The number of nitrogens with two attached hydrogens (primary N) is 1. The number of benzene rings is 1. The lowest BCUT2D eigenvalue weighted by Gasteiger charge is -2.28. The van der Waals surface area contributed by atoms with Crippen LogP contribution in [0.15, 0.2) is 18.2 Å². The van der Waals surface area contributed by atoms with Crippen molar-refractivity contribution in [1.82, 2.24) is 5.43 Å². The van der Waals surface area contributed by atoms with E-state index in [1.54, 1.807) is 13.2 Å². The van der Waals surface area contributed by atoms with Gasteiger partial charge in [-0.3, -0.25) is 11.3 Å². The van der Waals surface area contributed by atoms with Gasteiger partial charge in [0.15, 0.2) is 0 Å². The number of methoxy groups -OCH3 is 1. The average Bonchev–Trinajstić information content (AvgIpc) is 2.32. The Hall–Kier alpha value is -0.680. The topological polar surface area (TPSA) is 47.3 Å². The molecule has 0 radical (unpaired) electrons. The Morgan fingerprint density at radius 1 is 1.50 bits per heavy atom. The van der Waals surface area contributed by atoms with Crippen LogP contribution in [0.1, 0.15) is 25.8 Å². The van der Waals surface area contributed by atoms with E-state index in [4.69, 9.17) is 22.2 Å². The van der Waals surface area contributed by atoms with Crippen molar-refractivity contribution in [3.63, 3.8) is 0 Å². The fraction of sp³-hybridized carbons (Fsp3) is 0.538. The molecule has 1 aromatic rings. The predicted molar refractivity (Wildman–Crippen MR) is 71.9 cm³/mol. The monoisotopic (exact) mass is 274 g/mol. The average molecular weight is 275 g/mol. The summed E-state index contributed by atoms with van der Waals surface area (Å²) in [6, 6.07) is 4.45. The highest BCUT2D eigenvalue weighted by molar-refractivity contribution is 6.30. The SMILES string of the molecule is COC(C)(C)CC(Cc1cc(Cl)ccc1F)NN. The fourth-order valence-electron chi connectivity index (χ4n) is 1.83. The molecular weight excluding hydrogens is 255 g/mol. The van der Waals surface area contributed by atoms with Crippen LogP contribution in [0.25, 0.3) is 0 Å². The zero-order valence-electron chi connectivity index (χ0n) is 11.0. The number of hydrazine groups is 1. The second-order valence-corrected chi connectivity index (χ2v) is 5.41. The quantitative estimate of drug-likeness (QED) is 0.619. The van der Waals surface area contributed by atoms with Gasteiger partial charge >= 0.3 is 0 Å². The largest absolute Gasteiger partial charge is 0.379 e. The van der Waals surface area contributed by atoms with E-state index in [0.717, 1.165) is 0 Å². The predicted octanol–water partition coefficient (Wildman–Crippen LogP) is 2.67. The minimum atomic E-state index is -0.313. The van der Waals surface area contributed by atoms with E-state index < -0.39 is 0 Å². The Balaban J connectivity index is 2.77. The van der Waals surface area contributed by atoms with Gasteiger partial charge in [0.1, 0.15) is 5.82 Å². The van der Waals surface area contributed by atoms with Crippen LogP contribution in [0.2, 0.25) is 5.02 Å². The third-order valence-electron chi connectivity index (χ3n) is 3.00. The van der Waals surface area contributed by atoms with Gasteiger partial charge in [-0.25, -0.2) is 4.39 Å². The molecule has 0 aliphatic carbocycles. The van der Waals surface area contributed by atoms with Gasteiger partial charge < -0.3 is 4.74 Å². The molecule has 0 fully saturated rings. The third kappa shape index (κ3) is 4.53. The first-order chi connectivity index (χ1) is 8.38. The molecule has 3 N–H and O–H groups in total. The van der Waals surface area contributed by atoms with E-state index in [1.165, 1.54) is 12.1 Å². The maximum absolute atomic E-state index is 13.6. The smallest absolute Gasteiger partial charge is 0.126 e. The molecule has 0 heterocycles. The van der Waals surface area contributed by atoms with Crippen LogP contribution in [0.5, 0.6) is 0 Å². The first-order valence-electron chi connectivity index (χ1n) is 5.83. The second kappa shape index (κ2) is 6.48. The molecule has 1 aromatic carbocycles. The van der Waals surface area contributed by atoms with Crippen LogP contribution in [-0.4, -0.2) is 18.8 Å². The molecule has 1 atom stereocenters. The van der Waals surface area contributed by atoms with Crippen molar-refractivity contribution >= 4 is 11.6 Å². The van der Waals surface area contributed by atoms with Gasteiger partial charge in [-0.05, 0) is 50.5 Å². The normalized spacial score (nSPS) is 13.7. The van der Waals surface area contributed by atoms with Crippen LogP contribution >= 0.6 is 11.6 Å². The molecule has 0 bridgehead atoms. The highest BCUT2D eigenvalue weighted by atomic mass is 35.5. The van der Waals surface area contributed by atoms with Crippen LogP contribution < -0.4 is 11.3 Å². The molecule has 0 aliphatic heterocycles. The summed E-state index contributed by atoms with van der Waals surface area (Å²) in [5.74, 6) is 5.24. The molecule has 0 aliphatic rings. The lowest BCUT2D eigenvalue weighted by molar-refractivity contribution is 0.00704. The van der Waals surface area contributed by atoms with Crippen molar-refractivity contribution < 1.29 is 9.13 Å². The van der Waals surface area contributed by atoms with Gasteiger partial charge in [0.25, 0.3) is 0 Å². The Morgan fingerprint density at radius 3 is 2.72 bits per heavy atom. The number of rotatable bonds is 6. The summed E-state index contributed by atoms with van der Waals surface area (Å²) in [7, 11) is 1.65. The van der Waals surface area contributed by atoms with E-state index in [1.807, 2.05) is 13.8 Å². The lowest BCUT2D eigenvalue weighted by atomic mass is 9.94. The molecule has 3 nitrogen and oxygen atoms in total. The first kappa shape index (κ1) is 15.4. The summed E-state index contributed by atoms with van der Waals surface area (Å²) in [4.78, 5) is 0. The number of hydrogen-bond donors (Lipinski definition) is 2. The third-order valence-corrected chi connectivity index (χ3v) is 3.24. The maximum Gasteiger partial charge on any atom is 0.126 e. The van der Waals surface area contributed by atoms with Crippen molar-refractivity contribution in [2.75, 3.05) is 7.11 Å². The van der Waals surface area contributed by atoms with Crippen LogP contribution in [-0.2, 0) is 11.2 Å². The standard InChI is InChI=1S/C13H20ClFN2O/c1-13(2,18-3)8-11(17-16)7-9-6-10(14)4-5-12(9)15/h4-6,11,17H,7-8,16H2,1-3H3. The molecule has 5 heteroatoms. The summed E-state index contributed by atoms with van der Waals surface area (Å²) < 4.78 is 19.0. The molecule has 1 unspecified atom stereocenters. The fourth-order valence-corrected chi connectivity index (χ4v) is 2.03. The Morgan fingerprint density at radius 2 is 2.17 bits per heavy atom. The van der Waals surface area contributed by atoms with E-state index >= 15 is 0 Å². The van der Waals surface area contributed by atoms with Crippen molar-refractivity contribution in [3.8, 4) is 0 Å². The van der Waals surface area contributed by atoms with Crippen molar-refractivity contribution in [3.05, 3.63) is 34.6 Å². The van der Waals surface area contributed by atoms with Crippen LogP contribution in [0, 0.1) is 5.82 Å².